The third-order valence-electron chi connectivity index (χ3n) is 2.58. The highest BCUT2D eigenvalue weighted by atomic mass is 16.5. The molecule has 0 saturated heterocycles. The number of carbonyl (C=O) groups is 1. The molecule has 1 aromatic rings. The van der Waals surface area contributed by atoms with Gasteiger partial charge in [-0.25, -0.2) is 5.48 Å². The zero-order valence-electron chi connectivity index (χ0n) is 9.56. The van der Waals surface area contributed by atoms with Crippen molar-refractivity contribution in [3.8, 4) is 5.75 Å². The molecule has 0 aliphatic heterocycles. The van der Waals surface area contributed by atoms with Gasteiger partial charge in [-0.3, -0.25) is 10.0 Å². The molecule has 88 valence electrons. The van der Waals surface area contributed by atoms with E-state index in [2.05, 4.69) is 0 Å². The Kier molecular flexibility index (Phi) is 4.79. The number of benzene rings is 1. The normalized spacial score (nSPS) is 11.9. The van der Waals surface area contributed by atoms with Crippen LogP contribution in [0, 0.1) is 5.92 Å². The molecule has 1 amide bonds. The molecule has 1 atom stereocenters. The third kappa shape index (κ3) is 3.55. The lowest BCUT2D eigenvalue weighted by Crippen LogP contribution is -2.26. The lowest BCUT2D eigenvalue weighted by molar-refractivity contribution is -0.133. The molecule has 2 N–H and O–H groups in total. The van der Waals surface area contributed by atoms with Crippen molar-refractivity contribution in [3.05, 3.63) is 29.8 Å². The largest absolute Gasteiger partial charge is 0.497 e. The first-order valence-electron chi connectivity index (χ1n) is 5.24. The predicted octanol–water partition coefficient (Wildman–Crippen LogP) is 1.77. The number of hydroxylamine groups is 1. The zero-order valence-corrected chi connectivity index (χ0v) is 9.56. The van der Waals surface area contributed by atoms with E-state index in [-0.39, 0.29) is 11.8 Å². The second-order valence-electron chi connectivity index (χ2n) is 3.76. The molecule has 0 radical (unpaired) electrons. The summed E-state index contributed by atoms with van der Waals surface area (Å²) in [5, 5.41) is 8.45. The molecule has 0 aromatic heterocycles. The van der Waals surface area contributed by atoms with Gasteiger partial charge in [-0.1, -0.05) is 19.1 Å². The van der Waals surface area contributed by atoms with Crippen LogP contribution >= 0.6 is 0 Å². The minimum absolute atomic E-state index is 0.188. The second-order valence-corrected chi connectivity index (χ2v) is 3.76. The zero-order chi connectivity index (χ0) is 12.0. The van der Waals surface area contributed by atoms with E-state index in [9.17, 15) is 4.79 Å². The lowest BCUT2D eigenvalue weighted by Gasteiger charge is -2.09. The maximum absolute atomic E-state index is 11.1. The topological polar surface area (TPSA) is 58.6 Å². The van der Waals surface area contributed by atoms with E-state index < -0.39 is 0 Å². The van der Waals surface area contributed by atoms with Gasteiger partial charge in [0.25, 0.3) is 0 Å². The van der Waals surface area contributed by atoms with Crippen LogP contribution in [0.5, 0.6) is 5.75 Å². The number of ether oxygens (including phenoxy) is 1. The Bertz CT molecular complexity index is 335. The number of nitrogens with one attached hydrogen (secondary N) is 1. The quantitative estimate of drug-likeness (QED) is 0.590. The molecule has 0 spiro atoms. The molecule has 0 bridgehead atoms. The highest BCUT2D eigenvalue weighted by molar-refractivity contribution is 5.76. The van der Waals surface area contributed by atoms with E-state index in [0.29, 0.717) is 6.42 Å². The van der Waals surface area contributed by atoms with Gasteiger partial charge in [-0.15, -0.1) is 0 Å². The summed E-state index contributed by atoms with van der Waals surface area (Å²) in [4.78, 5) is 11.1. The maximum Gasteiger partial charge on any atom is 0.246 e. The van der Waals surface area contributed by atoms with Crippen molar-refractivity contribution >= 4 is 5.91 Å². The van der Waals surface area contributed by atoms with Gasteiger partial charge in [0.2, 0.25) is 5.91 Å². The van der Waals surface area contributed by atoms with E-state index >= 15 is 0 Å². The minimum atomic E-state index is -0.339. The summed E-state index contributed by atoms with van der Waals surface area (Å²) >= 11 is 0. The summed E-state index contributed by atoms with van der Waals surface area (Å²) in [6.07, 6.45) is 1.51. The first kappa shape index (κ1) is 12.5. The van der Waals surface area contributed by atoms with Crippen molar-refractivity contribution in [1.82, 2.24) is 5.48 Å². The van der Waals surface area contributed by atoms with E-state index in [1.165, 1.54) is 0 Å². The fourth-order valence-corrected chi connectivity index (χ4v) is 1.42. The van der Waals surface area contributed by atoms with Crippen LogP contribution in [0.15, 0.2) is 24.3 Å². The summed E-state index contributed by atoms with van der Waals surface area (Å²) in [7, 11) is 1.63. The Balaban J connectivity index is 2.45. The summed E-state index contributed by atoms with van der Waals surface area (Å²) < 4.78 is 5.05. The van der Waals surface area contributed by atoms with Gasteiger partial charge >= 0.3 is 0 Å². The van der Waals surface area contributed by atoms with Crippen LogP contribution in [0.4, 0.5) is 0 Å². The molecule has 1 aromatic carbocycles. The van der Waals surface area contributed by atoms with Crippen LogP contribution in [-0.4, -0.2) is 18.2 Å². The molecule has 1 rings (SSSR count). The van der Waals surface area contributed by atoms with Crippen molar-refractivity contribution in [2.24, 2.45) is 5.92 Å². The molecule has 0 fully saturated rings. The Labute approximate surface area is 95.2 Å². The van der Waals surface area contributed by atoms with Crippen LogP contribution in [0.3, 0.4) is 0 Å². The molecule has 1 unspecified atom stereocenters. The van der Waals surface area contributed by atoms with Gasteiger partial charge in [0.05, 0.1) is 7.11 Å². The SMILES string of the molecule is COc1ccc(CCC(C)C(=O)NO)cc1. The van der Waals surface area contributed by atoms with Crippen LogP contribution < -0.4 is 10.2 Å². The summed E-state index contributed by atoms with van der Waals surface area (Å²) in [6.45, 7) is 1.79. The van der Waals surface area contributed by atoms with Gasteiger partial charge in [0.1, 0.15) is 5.75 Å². The number of hydrogen-bond donors (Lipinski definition) is 2. The Morgan fingerprint density at radius 1 is 1.44 bits per heavy atom. The minimum Gasteiger partial charge on any atom is -0.497 e. The fourth-order valence-electron chi connectivity index (χ4n) is 1.42. The van der Waals surface area contributed by atoms with Gasteiger partial charge < -0.3 is 4.74 Å². The van der Waals surface area contributed by atoms with Gasteiger partial charge in [-0.2, -0.15) is 0 Å². The first-order chi connectivity index (χ1) is 7.67. The fraction of sp³-hybridized carbons (Fsp3) is 0.417. The van der Waals surface area contributed by atoms with Crippen molar-refractivity contribution < 1.29 is 14.7 Å². The molecular weight excluding hydrogens is 206 g/mol. The number of amides is 1. The van der Waals surface area contributed by atoms with E-state index in [1.54, 1.807) is 19.5 Å². The summed E-state index contributed by atoms with van der Waals surface area (Å²) in [5.41, 5.74) is 2.81. The number of carbonyl (C=O) groups excluding carboxylic acids is 1. The Hall–Kier alpha value is -1.55. The molecular formula is C12H17NO3. The molecule has 0 aliphatic rings. The van der Waals surface area contributed by atoms with Crippen molar-refractivity contribution in [2.75, 3.05) is 7.11 Å². The molecule has 0 heterocycles. The number of rotatable bonds is 5. The molecule has 4 heteroatoms. The van der Waals surface area contributed by atoms with Gasteiger partial charge in [0, 0.05) is 5.92 Å². The van der Waals surface area contributed by atoms with Crippen molar-refractivity contribution in [1.29, 1.82) is 0 Å². The standard InChI is InChI=1S/C12H17NO3/c1-9(12(14)13-15)3-4-10-5-7-11(16-2)8-6-10/h5-9,15H,3-4H2,1-2H3,(H,13,14). The lowest BCUT2D eigenvalue weighted by atomic mass is 10.0. The van der Waals surface area contributed by atoms with Gasteiger partial charge in [-0.05, 0) is 30.5 Å². The highest BCUT2D eigenvalue weighted by Gasteiger charge is 2.11. The number of aryl methyl sites for hydroxylation is 1. The third-order valence-corrected chi connectivity index (χ3v) is 2.58. The van der Waals surface area contributed by atoms with E-state index in [0.717, 1.165) is 17.7 Å². The van der Waals surface area contributed by atoms with E-state index in [1.807, 2.05) is 24.3 Å². The number of hydrogen-bond acceptors (Lipinski definition) is 3. The monoisotopic (exact) mass is 223 g/mol. The predicted molar refractivity (Wildman–Crippen MR) is 60.4 cm³/mol. The van der Waals surface area contributed by atoms with Crippen molar-refractivity contribution in [3.63, 3.8) is 0 Å². The average molecular weight is 223 g/mol. The van der Waals surface area contributed by atoms with Crippen LogP contribution in [0.25, 0.3) is 0 Å². The Morgan fingerprint density at radius 2 is 2.06 bits per heavy atom. The molecule has 16 heavy (non-hydrogen) atoms. The Morgan fingerprint density at radius 3 is 2.56 bits per heavy atom. The summed E-state index contributed by atoms with van der Waals surface area (Å²) in [6, 6.07) is 7.74. The average Bonchev–Trinajstić information content (AvgIpc) is 2.35. The summed E-state index contributed by atoms with van der Waals surface area (Å²) in [5.74, 6) is 0.297. The molecule has 0 saturated carbocycles. The van der Waals surface area contributed by atoms with E-state index in [4.69, 9.17) is 9.94 Å². The highest BCUT2D eigenvalue weighted by Crippen LogP contribution is 2.14. The maximum atomic E-state index is 11.1. The second kappa shape index (κ2) is 6.12. The number of methoxy groups -OCH3 is 1. The van der Waals surface area contributed by atoms with Gasteiger partial charge in [0.15, 0.2) is 0 Å². The van der Waals surface area contributed by atoms with Crippen molar-refractivity contribution in [2.45, 2.75) is 19.8 Å². The van der Waals surface area contributed by atoms with Crippen LogP contribution in [0.1, 0.15) is 18.9 Å². The molecule has 4 nitrogen and oxygen atoms in total. The smallest absolute Gasteiger partial charge is 0.246 e. The molecule has 0 aliphatic carbocycles. The first-order valence-corrected chi connectivity index (χ1v) is 5.24. The van der Waals surface area contributed by atoms with Crippen LogP contribution in [0.2, 0.25) is 0 Å². The van der Waals surface area contributed by atoms with Crippen LogP contribution in [-0.2, 0) is 11.2 Å².